The van der Waals surface area contributed by atoms with Crippen molar-refractivity contribution in [1.29, 1.82) is 0 Å². The van der Waals surface area contributed by atoms with Crippen LogP contribution in [-0.4, -0.2) is 12.0 Å². The maximum absolute atomic E-state index is 13.2. The molecule has 0 aliphatic heterocycles. The monoisotopic (exact) mass is 338 g/mol. The van der Waals surface area contributed by atoms with Crippen molar-refractivity contribution in [1.82, 2.24) is 0 Å². The van der Waals surface area contributed by atoms with Crippen molar-refractivity contribution in [3.63, 3.8) is 0 Å². The highest BCUT2D eigenvalue weighted by Gasteiger charge is 2.16. The van der Waals surface area contributed by atoms with Gasteiger partial charge < -0.3 is 4.90 Å². The van der Waals surface area contributed by atoms with Crippen molar-refractivity contribution < 1.29 is 9.31 Å². The molecule has 0 aliphatic rings. The SMILES string of the molecule is CN(Cc1cccc([N+](=O)[O-])c1Br)c1cccc(F)c1. The third-order valence-corrected chi connectivity index (χ3v) is 3.83. The second kappa shape index (κ2) is 6.00. The molecule has 0 atom stereocenters. The topological polar surface area (TPSA) is 46.4 Å². The van der Waals surface area contributed by atoms with Crippen LogP contribution >= 0.6 is 15.9 Å². The van der Waals surface area contributed by atoms with Gasteiger partial charge in [-0.1, -0.05) is 18.2 Å². The molecule has 0 spiro atoms. The average molecular weight is 339 g/mol. The Hall–Kier alpha value is -1.95. The number of nitrogens with zero attached hydrogens (tertiary/aromatic N) is 2. The molecule has 0 unspecified atom stereocenters. The van der Waals surface area contributed by atoms with E-state index in [-0.39, 0.29) is 11.5 Å². The summed E-state index contributed by atoms with van der Waals surface area (Å²) in [7, 11) is 1.81. The van der Waals surface area contributed by atoms with E-state index in [9.17, 15) is 14.5 Å². The number of benzene rings is 2. The molecule has 0 fully saturated rings. The standard InChI is InChI=1S/C14H12BrFN2O2/c1-17(12-6-3-5-11(16)8-12)9-10-4-2-7-13(14(10)15)18(19)20/h2-8H,9H2,1H3. The minimum atomic E-state index is -0.435. The van der Waals surface area contributed by atoms with Crippen molar-refractivity contribution in [3.8, 4) is 0 Å². The van der Waals surface area contributed by atoms with E-state index in [0.29, 0.717) is 16.7 Å². The molecular weight excluding hydrogens is 327 g/mol. The van der Waals surface area contributed by atoms with Gasteiger partial charge in [0.25, 0.3) is 5.69 Å². The fourth-order valence-electron chi connectivity index (χ4n) is 1.89. The molecule has 0 aliphatic carbocycles. The van der Waals surface area contributed by atoms with Crippen molar-refractivity contribution >= 4 is 27.3 Å². The van der Waals surface area contributed by atoms with Gasteiger partial charge in [-0.05, 0) is 39.7 Å². The van der Waals surface area contributed by atoms with Crippen molar-refractivity contribution in [2.45, 2.75) is 6.54 Å². The molecule has 104 valence electrons. The smallest absolute Gasteiger partial charge is 0.283 e. The summed E-state index contributed by atoms with van der Waals surface area (Å²) in [5.41, 5.74) is 1.50. The highest BCUT2D eigenvalue weighted by Crippen LogP contribution is 2.29. The highest BCUT2D eigenvalue weighted by atomic mass is 79.9. The predicted molar refractivity (Wildman–Crippen MR) is 79.3 cm³/mol. The fraction of sp³-hybridized carbons (Fsp3) is 0.143. The molecular formula is C14H12BrFN2O2. The summed E-state index contributed by atoms with van der Waals surface area (Å²) in [4.78, 5) is 12.3. The van der Waals surface area contributed by atoms with Crippen LogP contribution in [0.2, 0.25) is 0 Å². The van der Waals surface area contributed by atoms with Gasteiger partial charge in [0.05, 0.1) is 4.92 Å². The summed E-state index contributed by atoms with van der Waals surface area (Å²) < 4.78 is 13.6. The Labute approximate surface area is 124 Å². The van der Waals surface area contributed by atoms with Crippen LogP contribution in [0.15, 0.2) is 46.9 Å². The molecule has 0 aromatic heterocycles. The molecule has 0 N–H and O–H groups in total. The van der Waals surface area contributed by atoms with Gasteiger partial charge in [0.1, 0.15) is 10.3 Å². The number of nitro groups is 1. The van der Waals surface area contributed by atoms with Gasteiger partial charge in [-0.3, -0.25) is 10.1 Å². The lowest BCUT2D eigenvalue weighted by molar-refractivity contribution is -0.385. The first kappa shape index (κ1) is 14.5. The molecule has 0 heterocycles. The Morgan fingerprint density at radius 1 is 1.30 bits per heavy atom. The summed E-state index contributed by atoms with van der Waals surface area (Å²) in [6.07, 6.45) is 0. The van der Waals surface area contributed by atoms with Gasteiger partial charge in [0.2, 0.25) is 0 Å². The van der Waals surface area contributed by atoms with Crippen LogP contribution in [0.1, 0.15) is 5.56 Å². The zero-order chi connectivity index (χ0) is 14.7. The molecule has 0 bridgehead atoms. The van der Waals surface area contributed by atoms with E-state index in [1.54, 1.807) is 31.3 Å². The normalized spacial score (nSPS) is 10.3. The van der Waals surface area contributed by atoms with Gasteiger partial charge in [-0.2, -0.15) is 0 Å². The lowest BCUT2D eigenvalue weighted by Gasteiger charge is -2.20. The zero-order valence-electron chi connectivity index (χ0n) is 10.7. The second-order valence-electron chi connectivity index (χ2n) is 4.34. The van der Waals surface area contributed by atoms with Crippen molar-refractivity contribution in [3.05, 3.63) is 68.4 Å². The molecule has 0 saturated heterocycles. The van der Waals surface area contributed by atoms with E-state index in [2.05, 4.69) is 15.9 Å². The molecule has 0 amide bonds. The van der Waals surface area contributed by atoms with E-state index < -0.39 is 4.92 Å². The Kier molecular flexibility index (Phi) is 4.34. The Morgan fingerprint density at radius 3 is 2.65 bits per heavy atom. The molecule has 4 nitrogen and oxygen atoms in total. The molecule has 0 radical (unpaired) electrons. The number of nitro benzene ring substituents is 1. The first-order chi connectivity index (χ1) is 9.49. The third kappa shape index (κ3) is 3.14. The summed E-state index contributed by atoms with van der Waals surface area (Å²) in [5.74, 6) is -0.313. The molecule has 6 heteroatoms. The van der Waals surface area contributed by atoms with Crippen LogP contribution in [-0.2, 0) is 6.54 Å². The van der Waals surface area contributed by atoms with Crippen LogP contribution in [0.5, 0.6) is 0 Å². The molecule has 20 heavy (non-hydrogen) atoms. The summed E-state index contributed by atoms with van der Waals surface area (Å²) in [6.45, 7) is 0.436. The Balaban J connectivity index is 2.26. The van der Waals surface area contributed by atoms with Gasteiger partial charge in [-0.25, -0.2) is 4.39 Å². The van der Waals surface area contributed by atoms with Crippen LogP contribution in [0.3, 0.4) is 0 Å². The minimum absolute atomic E-state index is 0.0233. The first-order valence-electron chi connectivity index (χ1n) is 5.87. The minimum Gasteiger partial charge on any atom is -0.370 e. The van der Waals surface area contributed by atoms with Crippen molar-refractivity contribution in [2.75, 3.05) is 11.9 Å². The van der Waals surface area contributed by atoms with Gasteiger partial charge in [0, 0.05) is 25.3 Å². The molecule has 0 saturated carbocycles. The van der Waals surface area contributed by atoms with E-state index in [1.807, 2.05) is 4.90 Å². The van der Waals surface area contributed by atoms with Crippen LogP contribution < -0.4 is 4.90 Å². The largest absolute Gasteiger partial charge is 0.370 e. The van der Waals surface area contributed by atoms with E-state index in [0.717, 1.165) is 5.56 Å². The van der Waals surface area contributed by atoms with Crippen molar-refractivity contribution in [2.24, 2.45) is 0 Å². The van der Waals surface area contributed by atoms with E-state index >= 15 is 0 Å². The maximum Gasteiger partial charge on any atom is 0.283 e. The second-order valence-corrected chi connectivity index (χ2v) is 5.14. The predicted octanol–water partition coefficient (Wildman–Crippen LogP) is 4.13. The molecule has 2 rings (SSSR count). The highest BCUT2D eigenvalue weighted by molar-refractivity contribution is 9.10. The number of anilines is 1. The van der Waals surface area contributed by atoms with Crippen LogP contribution in [0.25, 0.3) is 0 Å². The Morgan fingerprint density at radius 2 is 2.00 bits per heavy atom. The zero-order valence-corrected chi connectivity index (χ0v) is 12.3. The summed E-state index contributed by atoms with van der Waals surface area (Å²) >= 11 is 3.25. The van der Waals surface area contributed by atoms with Gasteiger partial charge in [-0.15, -0.1) is 0 Å². The van der Waals surface area contributed by atoms with Gasteiger partial charge >= 0.3 is 0 Å². The fourth-order valence-corrected chi connectivity index (χ4v) is 2.42. The average Bonchev–Trinajstić information content (AvgIpc) is 2.40. The lowest BCUT2D eigenvalue weighted by atomic mass is 10.2. The van der Waals surface area contributed by atoms with E-state index in [1.165, 1.54) is 18.2 Å². The first-order valence-corrected chi connectivity index (χ1v) is 6.67. The summed E-state index contributed by atoms with van der Waals surface area (Å²) in [6, 6.07) is 11.1. The molecule has 2 aromatic rings. The number of hydrogen-bond donors (Lipinski definition) is 0. The summed E-state index contributed by atoms with van der Waals surface area (Å²) in [5, 5.41) is 10.9. The lowest BCUT2D eigenvalue weighted by Crippen LogP contribution is -2.17. The third-order valence-electron chi connectivity index (χ3n) is 2.91. The number of hydrogen-bond acceptors (Lipinski definition) is 3. The van der Waals surface area contributed by atoms with Crippen LogP contribution in [0.4, 0.5) is 15.8 Å². The quantitative estimate of drug-likeness (QED) is 0.621. The van der Waals surface area contributed by atoms with E-state index in [4.69, 9.17) is 0 Å². The van der Waals surface area contributed by atoms with Gasteiger partial charge in [0.15, 0.2) is 0 Å². The number of halogens is 2. The number of rotatable bonds is 4. The molecule has 2 aromatic carbocycles. The van der Waals surface area contributed by atoms with Crippen LogP contribution in [0, 0.1) is 15.9 Å². The Bertz CT molecular complexity index is 649. The maximum atomic E-state index is 13.2.